The molecule has 0 saturated heterocycles. The third-order valence-corrected chi connectivity index (χ3v) is 4.30. The quantitative estimate of drug-likeness (QED) is 0.802. The molecule has 90 valence electrons. The van der Waals surface area contributed by atoms with E-state index in [1.54, 1.807) is 32.3 Å². The Balaban J connectivity index is 3.21. The Kier molecular flexibility index (Phi) is 4.45. The zero-order valence-corrected chi connectivity index (χ0v) is 11.5. The van der Waals surface area contributed by atoms with Gasteiger partial charge in [-0.3, -0.25) is 0 Å². The molecule has 0 radical (unpaired) electrons. The number of hydrazine groups is 1. The highest BCUT2D eigenvalue weighted by Gasteiger charge is 2.18. The van der Waals surface area contributed by atoms with Gasteiger partial charge in [0.25, 0.3) is 10.0 Å². The van der Waals surface area contributed by atoms with Gasteiger partial charge in [0.2, 0.25) is 0 Å². The predicted octanol–water partition coefficient (Wildman–Crippen LogP) is 0.663. The van der Waals surface area contributed by atoms with E-state index < -0.39 is 10.0 Å². The molecule has 1 rings (SSSR count). The third-order valence-electron chi connectivity index (χ3n) is 1.82. The molecule has 0 bridgehead atoms. The van der Waals surface area contributed by atoms with E-state index in [0.717, 1.165) is 5.56 Å². The van der Waals surface area contributed by atoms with Crippen LogP contribution in [0.1, 0.15) is 5.56 Å². The highest BCUT2D eigenvalue weighted by atomic mass is 79.9. The van der Waals surface area contributed by atoms with Crippen molar-refractivity contribution in [2.75, 3.05) is 14.1 Å². The summed E-state index contributed by atoms with van der Waals surface area (Å²) in [4.78, 5) is 2.55. The van der Waals surface area contributed by atoms with Crippen LogP contribution in [0.25, 0.3) is 0 Å². The van der Waals surface area contributed by atoms with Crippen LogP contribution in [-0.2, 0) is 16.6 Å². The van der Waals surface area contributed by atoms with Gasteiger partial charge in [0.15, 0.2) is 0 Å². The molecule has 5 nitrogen and oxygen atoms in total. The first-order chi connectivity index (χ1) is 7.36. The first kappa shape index (κ1) is 13.6. The van der Waals surface area contributed by atoms with E-state index in [2.05, 4.69) is 20.8 Å². The Morgan fingerprint density at radius 3 is 2.56 bits per heavy atom. The van der Waals surface area contributed by atoms with E-state index in [1.807, 2.05) is 0 Å². The molecule has 0 fully saturated rings. The molecule has 0 aliphatic rings. The SMILES string of the molecule is CN(C)NS(=O)(=O)c1cc(CN)ccc1Br. The minimum absolute atomic E-state index is 0.184. The summed E-state index contributed by atoms with van der Waals surface area (Å²) in [6, 6.07) is 5.00. The van der Waals surface area contributed by atoms with Crippen molar-refractivity contribution in [1.29, 1.82) is 0 Å². The van der Waals surface area contributed by atoms with Crippen molar-refractivity contribution in [3.05, 3.63) is 28.2 Å². The van der Waals surface area contributed by atoms with Crippen LogP contribution in [0.5, 0.6) is 0 Å². The van der Waals surface area contributed by atoms with Gasteiger partial charge in [-0.05, 0) is 33.6 Å². The van der Waals surface area contributed by atoms with Crippen molar-refractivity contribution in [1.82, 2.24) is 9.84 Å². The number of rotatable bonds is 4. The molecule has 3 N–H and O–H groups in total. The molecule has 0 atom stereocenters. The van der Waals surface area contributed by atoms with Crippen LogP contribution in [-0.4, -0.2) is 27.5 Å². The minimum atomic E-state index is -3.55. The molecule has 0 saturated carbocycles. The standard InChI is InChI=1S/C9H14BrN3O2S/c1-13(2)12-16(14,15)9-5-7(6-11)3-4-8(9)10/h3-5,12H,6,11H2,1-2H3. The molecule has 0 amide bonds. The van der Waals surface area contributed by atoms with Crippen molar-refractivity contribution in [3.63, 3.8) is 0 Å². The normalized spacial score (nSPS) is 12.1. The lowest BCUT2D eigenvalue weighted by atomic mass is 10.2. The largest absolute Gasteiger partial charge is 0.326 e. The number of nitrogens with zero attached hydrogens (tertiary/aromatic N) is 1. The number of nitrogens with one attached hydrogen (secondary N) is 1. The van der Waals surface area contributed by atoms with Crippen LogP contribution in [0.3, 0.4) is 0 Å². The van der Waals surface area contributed by atoms with Crippen LogP contribution in [0.15, 0.2) is 27.6 Å². The van der Waals surface area contributed by atoms with Crippen LogP contribution < -0.4 is 10.6 Å². The summed E-state index contributed by atoms with van der Waals surface area (Å²) in [5, 5.41) is 1.37. The van der Waals surface area contributed by atoms with Crippen molar-refractivity contribution in [2.24, 2.45) is 5.73 Å². The highest BCUT2D eigenvalue weighted by Crippen LogP contribution is 2.22. The van der Waals surface area contributed by atoms with Gasteiger partial charge in [-0.2, -0.15) is 0 Å². The summed E-state index contributed by atoms with van der Waals surface area (Å²) in [5.74, 6) is 0. The molecule has 0 aromatic heterocycles. The molecular formula is C9H14BrN3O2S. The Bertz CT molecular complexity index is 474. The molecule has 0 aliphatic carbocycles. The number of nitrogens with two attached hydrogens (primary N) is 1. The predicted molar refractivity (Wildman–Crippen MR) is 66.0 cm³/mol. The highest BCUT2D eigenvalue weighted by molar-refractivity contribution is 9.10. The number of halogens is 1. The summed E-state index contributed by atoms with van der Waals surface area (Å²) in [6.45, 7) is 0.303. The maximum Gasteiger partial charge on any atom is 0.254 e. The van der Waals surface area contributed by atoms with Gasteiger partial charge >= 0.3 is 0 Å². The van der Waals surface area contributed by atoms with Crippen LogP contribution in [0.4, 0.5) is 0 Å². The van der Waals surface area contributed by atoms with Gasteiger partial charge in [0, 0.05) is 25.1 Å². The first-order valence-electron chi connectivity index (χ1n) is 4.55. The lowest BCUT2D eigenvalue weighted by Crippen LogP contribution is -2.36. The Morgan fingerprint density at radius 1 is 1.44 bits per heavy atom. The van der Waals surface area contributed by atoms with E-state index in [0.29, 0.717) is 11.0 Å². The van der Waals surface area contributed by atoms with Gasteiger partial charge in [-0.25, -0.2) is 13.4 Å². The summed E-state index contributed by atoms with van der Waals surface area (Å²) >= 11 is 3.21. The second-order valence-corrected chi connectivity index (χ2v) is 5.94. The molecule has 0 aliphatic heterocycles. The van der Waals surface area contributed by atoms with Crippen LogP contribution in [0.2, 0.25) is 0 Å². The topological polar surface area (TPSA) is 75.4 Å². The molecule has 0 heterocycles. The molecule has 0 unspecified atom stereocenters. The molecular weight excluding hydrogens is 294 g/mol. The fourth-order valence-electron chi connectivity index (χ4n) is 1.17. The minimum Gasteiger partial charge on any atom is -0.326 e. The molecule has 0 spiro atoms. The van der Waals surface area contributed by atoms with E-state index in [4.69, 9.17) is 5.73 Å². The van der Waals surface area contributed by atoms with E-state index in [1.165, 1.54) is 5.01 Å². The monoisotopic (exact) mass is 307 g/mol. The second kappa shape index (κ2) is 5.24. The fraction of sp³-hybridized carbons (Fsp3) is 0.333. The first-order valence-corrected chi connectivity index (χ1v) is 6.82. The maximum atomic E-state index is 11.9. The van der Waals surface area contributed by atoms with Gasteiger partial charge in [0.05, 0.1) is 4.90 Å². The van der Waals surface area contributed by atoms with Gasteiger partial charge < -0.3 is 5.73 Å². The fourth-order valence-corrected chi connectivity index (χ4v) is 3.27. The Hall–Kier alpha value is -0.470. The third kappa shape index (κ3) is 3.26. The maximum absolute atomic E-state index is 11.9. The van der Waals surface area contributed by atoms with E-state index >= 15 is 0 Å². The molecule has 16 heavy (non-hydrogen) atoms. The van der Waals surface area contributed by atoms with Crippen molar-refractivity contribution in [2.45, 2.75) is 11.4 Å². The van der Waals surface area contributed by atoms with E-state index in [-0.39, 0.29) is 4.90 Å². The summed E-state index contributed by atoms with van der Waals surface area (Å²) in [6.07, 6.45) is 0. The number of sulfonamides is 1. The van der Waals surface area contributed by atoms with Crippen molar-refractivity contribution in [3.8, 4) is 0 Å². The lowest BCUT2D eigenvalue weighted by Gasteiger charge is -2.14. The zero-order valence-electron chi connectivity index (χ0n) is 9.07. The summed E-state index contributed by atoms with van der Waals surface area (Å²) in [7, 11) is -0.331. The van der Waals surface area contributed by atoms with Gasteiger partial charge in [-0.15, -0.1) is 4.83 Å². The zero-order chi connectivity index (χ0) is 12.3. The number of hydrogen-bond acceptors (Lipinski definition) is 4. The van der Waals surface area contributed by atoms with Crippen LogP contribution in [0, 0.1) is 0 Å². The molecule has 7 heteroatoms. The smallest absolute Gasteiger partial charge is 0.254 e. The van der Waals surface area contributed by atoms with E-state index in [9.17, 15) is 8.42 Å². The summed E-state index contributed by atoms with van der Waals surface area (Å²) in [5.41, 5.74) is 6.24. The average Bonchev–Trinajstić information content (AvgIpc) is 2.16. The van der Waals surface area contributed by atoms with Crippen molar-refractivity contribution < 1.29 is 8.42 Å². The Morgan fingerprint density at radius 2 is 2.06 bits per heavy atom. The average molecular weight is 308 g/mol. The van der Waals surface area contributed by atoms with Crippen LogP contribution >= 0.6 is 15.9 Å². The molecule has 1 aromatic carbocycles. The van der Waals surface area contributed by atoms with Gasteiger partial charge in [-0.1, -0.05) is 6.07 Å². The lowest BCUT2D eigenvalue weighted by molar-refractivity contribution is 0.364. The summed E-state index contributed by atoms with van der Waals surface area (Å²) < 4.78 is 24.3. The second-order valence-electron chi connectivity index (χ2n) is 3.46. The Labute approximate surface area is 104 Å². The number of benzene rings is 1. The van der Waals surface area contributed by atoms with Gasteiger partial charge in [0.1, 0.15) is 0 Å². The molecule has 1 aromatic rings. The van der Waals surface area contributed by atoms with Crippen molar-refractivity contribution >= 4 is 26.0 Å². The number of hydrogen-bond donors (Lipinski definition) is 2.